The molecule has 0 fully saturated rings. The Balaban J connectivity index is 1.84. The van der Waals surface area contributed by atoms with Crippen molar-refractivity contribution in [2.24, 2.45) is 0 Å². The van der Waals surface area contributed by atoms with Crippen molar-refractivity contribution in [3.63, 3.8) is 0 Å². The number of hydrogen-bond donors (Lipinski definition) is 2. The van der Waals surface area contributed by atoms with Gasteiger partial charge in [-0.05, 0) is 30.3 Å². The van der Waals surface area contributed by atoms with Crippen LogP contribution in [0.4, 0.5) is 15.9 Å². The molecule has 114 valence electrons. The first-order valence-corrected chi connectivity index (χ1v) is 6.73. The summed E-state index contributed by atoms with van der Waals surface area (Å²) in [6, 6.07) is 9.04. The van der Waals surface area contributed by atoms with Crippen molar-refractivity contribution in [2.75, 3.05) is 11.1 Å². The van der Waals surface area contributed by atoms with Gasteiger partial charge in [0.15, 0.2) is 5.82 Å². The third-order valence-electron chi connectivity index (χ3n) is 3.08. The highest BCUT2D eigenvalue weighted by Gasteiger charge is 2.14. The Morgan fingerprint density at radius 1 is 1.17 bits per heavy atom. The summed E-state index contributed by atoms with van der Waals surface area (Å²) < 4.78 is 13.1. The fourth-order valence-corrected chi connectivity index (χ4v) is 1.97. The largest absolute Gasteiger partial charge is 0.383 e. The Kier molecular flexibility index (Phi) is 3.92. The summed E-state index contributed by atoms with van der Waals surface area (Å²) >= 11 is 0. The van der Waals surface area contributed by atoms with Crippen LogP contribution in [-0.4, -0.2) is 20.9 Å². The van der Waals surface area contributed by atoms with Crippen LogP contribution in [0.1, 0.15) is 10.4 Å². The van der Waals surface area contributed by atoms with E-state index in [2.05, 4.69) is 20.3 Å². The van der Waals surface area contributed by atoms with Crippen molar-refractivity contribution in [1.82, 2.24) is 15.0 Å². The average Bonchev–Trinajstić information content (AvgIpc) is 2.55. The molecule has 0 atom stereocenters. The van der Waals surface area contributed by atoms with Crippen molar-refractivity contribution < 1.29 is 9.18 Å². The third kappa shape index (κ3) is 3.29. The molecular formula is C16H12FN5O. The van der Waals surface area contributed by atoms with Crippen LogP contribution in [0.2, 0.25) is 0 Å². The maximum Gasteiger partial charge on any atom is 0.260 e. The van der Waals surface area contributed by atoms with E-state index >= 15 is 0 Å². The number of carbonyl (C=O) groups excluding carboxylic acids is 1. The lowest BCUT2D eigenvalue weighted by molar-refractivity contribution is 0.102. The second kappa shape index (κ2) is 6.18. The monoisotopic (exact) mass is 309 g/mol. The molecule has 2 heterocycles. The lowest BCUT2D eigenvalue weighted by atomic mass is 10.2. The van der Waals surface area contributed by atoms with Crippen molar-refractivity contribution in [3.05, 3.63) is 66.4 Å². The molecule has 0 saturated heterocycles. The van der Waals surface area contributed by atoms with Gasteiger partial charge in [0.1, 0.15) is 17.2 Å². The van der Waals surface area contributed by atoms with Gasteiger partial charge >= 0.3 is 0 Å². The Hall–Kier alpha value is -3.35. The first kappa shape index (κ1) is 14.6. The van der Waals surface area contributed by atoms with Gasteiger partial charge in [-0.1, -0.05) is 6.07 Å². The van der Waals surface area contributed by atoms with E-state index in [1.807, 2.05) is 0 Å². The molecule has 3 rings (SSSR count). The third-order valence-corrected chi connectivity index (χ3v) is 3.08. The molecule has 0 aliphatic rings. The summed E-state index contributed by atoms with van der Waals surface area (Å²) in [7, 11) is 0. The van der Waals surface area contributed by atoms with Crippen LogP contribution in [-0.2, 0) is 0 Å². The Labute approximate surface area is 131 Å². The number of anilines is 2. The highest BCUT2D eigenvalue weighted by atomic mass is 19.1. The van der Waals surface area contributed by atoms with Gasteiger partial charge in [0.25, 0.3) is 5.91 Å². The summed E-state index contributed by atoms with van der Waals surface area (Å²) in [6.45, 7) is 0. The smallest absolute Gasteiger partial charge is 0.260 e. The van der Waals surface area contributed by atoms with Crippen molar-refractivity contribution in [3.8, 4) is 11.4 Å². The Morgan fingerprint density at radius 3 is 2.65 bits per heavy atom. The highest BCUT2D eigenvalue weighted by Crippen LogP contribution is 2.18. The summed E-state index contributed by atoms with van der Waals surface area (Å²) in [5, 5.41) is 2.55. The summed E-state index contributed by atoms with van der Waals surface area (Å²) in [4.78, 5) is 24.4. The first-order chi connectivity index (χ1) is 11.1. The van der Waals surface area contributed by atoms with E-state index < -0.39 is 11.7 Å². The van der Waals surface area contributed by atoms with E-state index in [4.69, 9.17) is 5.73 Å². The molecule has 3 aromatic rings. The molecule has 3 N–H and O–H groups in total. The SMILES string of the molecule is Nc1nc(-c2ccncc2)ncc1C(=O)Nc1cccc(F)c1. The quantitative estimate of drug-likeness (QED) is 0.775. The van der Waals surface area contributed by atoms with Gasteiger partial charge in [-0.25, -0.2) is 14.4 Å². The van der Waals surface area contributed by atoms with Crippen LogP contribution in [0.5, 0.6) is 0 Å². The fraction of sp³-hybridized carbons (Fsp3) is 0. The summed E-state index contributed by atoms with van der Waals surface area (Å²) in [5.74, 6) is -0.512. The fourth-order valence-electron chi connectivity index (χ4n) is 1.97. The second-order valence-corrected chi connectivity index (χ2v) is 4.69. The number of amides is 1. The zero-order valence-corrected chi connectivity index (χ0v) is 11.9. The molecule has 0 radical (unpaired) electrons. The number of carbonyl (C=O) groups is 1. The number of rotatable bonds is 3. The molecule has 23 heavy (non-hydrogen) atoms. The van der Waals surface area contributed by atoms with E-state index in [-0.39, 0.29) is 11.4 Å². The van der Waals surface area contributed by atoms with Crippen LogP contribution >= 0.6 is 0 Å². The van der Waals surface area contributed by atoms with E-state index in [0.29, 0.717) is 11.5 Å². The molecule has 6 nitrogen and oxygen atoms in total. The Morgan fingerprint density at radius 2 is 1.96 bits per heavy atom. The molecular weight excluding hydrogens is 297 g/mol. The number of halogens is 1. The molecule has 1 amide bonds. The normalized spacial score (nSPS) is 10.3. The van der Waals surface area contributed by atoms with Crippen LogP contribution in [0.25, 0.3) is 11.4 Å². The van der Waals surface area contributed by atoms with Crippen LogP contribution in [0.15, 0.2) is 55.0 Å². The average molecular weight is 309 g/mol. The van der Waals surface area contributed by atoms with Crippen LogP contribution in [0, 0.1) is 5.82 Å². The molecule has 0 aliphatic carbocycles. The number of benzene rings is 1. The van der Waals surface area contributed by atoms with Gasteiger partial charge in [-0.15, -0.1) is 0 Å². The van der Waals surface area contributed by atoms with Crippen LogP contribution < -0.4 is 11.1 Å². The van der Waals surface area contributed by atoms with E-state index in [0.717, 1.165) is 5.56 Å². The zero-order chi connectivity index (χ0) is 16.2. The van der Waals surface area contributed by atoms with Crippen molar-refractivity contribution >= 4 is 17.4 Å². The van der Waals surface area contributed by atoms with Gasteiger partial charge in [0, 0.05) is 29.8 Å². The predicted octanol–water partition coefficient (Wildman–Crippen LogP) is 2.51. The molecule has 0 aliphatic heterocycles. The predicted molar refractivity (Wildman–Crippen MR) is 84.0 cm³/mol. The zero-order valence-electron chi connectivity index (χ0n) is 11.9. The number of aromatic nitrogens is 3. The topological polar surface area (TPSA) is 93.8 Å². The van der Waals surface area contributed by atoms with Crippen molar-refractivity contribution in [2.45, 2.75) is 0 Å². The molecule has 0 bridgehead atoms. The summed E-state index contributed by atoms with van der Waals surface area (Å²) in [6.07, 6.45) is 4.56. The maximum atomic E-state index is 13.1. The highest BCUT2D eigenvalue weighted by molar-refractivity contribution is 6.07. The first-order valence-electron chi connectivity index (χ1n) is 6.73. The van der Waals surface area contributed by atoms with E-state index in [1.54, 1.807) is 30.6 Å². The number of hydrogen-bond acceptors (Lipinski definition) is 5. The number of nitrogens with zero attached hydrogens (tertiary/aromatic N) is 3. The molecule has 0 unspecified atom stereocenters. The van der Waals surface area contributed by atoms with E-state index in [9.17, 15) is 9.18 Å². The van der Waals surface area contributed by atoms with Gasteiger partial charge < -0.3 is 11.1 Å². The van der Waals surface area contributed by atoms with Crippen molar-refractivity contribution in [1.29, 1.82) is 0 Å². The standard InChI is InChI=1S/C16H12FN5O/c17-11-2-1-3-12(8-11)21-16(23)13-9-20-15(22-14(13)18)10-4-6-19-7-5-10/h1-9H,(H,21,23)(H2,18,20,22). The number of nitrogens with two attached hydrogens (primary N) is 1. The summed E-state index contributed by atoms with van der Waals surface area (Å²) in [5.41, 5.74) is 7.03. The molecule has 0 spiro atoms. The van der Waals surface area contributed by atoms with Gasteiger partial charge in [0.05, 0.1) is 0 Å². The molecule has 7 heteroatoms. The molecule has 2 aromatic heterocycles. The number of nitrogen functional groups attached to an aromatic ring is 1. The lowest BCUT2D eigenvalue weighted by Gasteiger charge is -2.08. The van der Waals surface area contributed by atoms with Crippen LogP contribution in [0.3, 0.4) is 0 Å². The van der Waals surface area contributed by atoms with E-state index in [1.165, 1.54) is 24.4 Å². The minimum atomic E-state index is -0.505. The Bertz CT molecular complexity index is 854. The molecule has 0 saturated carbocycles. The van der Waals surface area contributed by atoms with Gasteiger partial charge in [-0.3, -0.25) is 9.78 Å². The molecule has 1 aromatic carbocycles. The van der Waals surface area contributed by atoms with Gasteiger partial charge in [0.2, 0.25) is 0 Å². The number of nitrogens with one attached hydrogen (secondary N) is 1. The maximum absolute atomic E-state index is 13.1. The van der Waals surface area contributed by atoms with Gasteiger partial charge in [-0.2, -0.15) is 0 Å². The minimum absolute atomic E-state index is 0.0423. The minimum Gasteiger partial charge on any atom is -0.383 e. The lowest BCUT2D eigenvalue weighted by Crippen LogP contribution is -2.16. The second-order valence-electron chi connectivity index (χ2n) is 4.69. The number of pyridine rings is 1.